The zero-order valence-corrected chi connectivity index (χ0v) is 15.4. The van der Waals surface area contributed by atoms with Crippen molar-refractivity contribution in [2.45, 2.75) is 0 Å². The maximum atomic E-state index is 13.0. The lowest BCUT2D eigenvalue weighted by molar-refractivity contribution is -0.394. The fraction of sp³-hybridized carbons (Fsp3) is 0.0500. The number of non-ortho nitro benzene ring substituents is 2. The topological polar surface area (TPSA) is 122 Å². The second-order valence-electron chi connectivity index (χ2n) is 6.00. The number of nitro benzene ring substituents is 2. The Bertz CT molecular complexity index is 1110. The molecule has 0 N–H and O–H groups in total. The first kappa shape index (κ1) is 20.4. The molecule has 0 unspecified atom stereocenters. The number of methoxy groups -OCH3 is 1. The molecule has 152 valence electrons. The Hall–Kier alpha value is -4.34. The first-order valence-electron chi connectivity index (χ1n) is 8.38. The average Bonchev–Trinajstić information content (AvgIpc) is 2.74. The summed E-state index contributed by atoms with van der Waals surface area (Å²) >= 11 is 0. The van der Waals surface area contributed by atoms with Crippen LogP contribution in [0.3, 0.4) is 0 Å². The monoisotopic (exact) mass is 412 g/mol. The number of ether oxygens (including phenoxy) is 2. The van der Waals surface area contributed by atoms with Crippen LogP contribution in [0.1, 0.15) is 15.9 Å². The van der Waals surface area contributed by atoms with Crippen LogP contribution in [0.2, 0.25) is 0 Å². The average molecular weight is 412 g/mol. The number of ketones is 1. The van der Waals surface area contributed by atoms with E-state index in [1.165, 1.54) is 49.6 Å². The Kier molecular flexibility index (Phi) is 5.68. The molecular formula is C20H13FN2O7. The molecule has 0 amide bonds. The SMILES string of the molecule is COc1cc(Oc2ccc(F)cc2)ccc1C(=O)c1cc([N+](=O)[O-])cc([N+](=O)[O-])c1. The van der Waals surface area contributed by atoms with Crippen LogP contribution >= 0.6 is 0 Å². The van der Waals surface area contributed by atoms with Crippen LogP contribution in [-0.2, 0) is 0 Å². The van der Waals surface area contributed by atoms with Crippen LogP contribution in [0.25, 0.3) is 0 Å². The summed E-state index contributed by atoms with van der Waals surface area (Å²) in [5.74, 6) is -0.389. The Morgan fingerprint density at radius 2 is 1.43 bits per heavy atom. The Labute approximate surface area is 168 Å². The van der Waals surface area contributed by atoms with Crippen molar-refractivity contribution in [3.63, 3.8) is 0 Å². The van der Waals surface area contributed by atoms with Crippen molar-refractivity contribution in [2.75, 3.05) is 7.11 Å². The number of nitrogens with zero attached hydrogens (tertiary/aromatic N) is 2. The molecule has 0 aliphatic heterocycles. The number of hydrogen-bond acceptors (Lipinski definition) is 7. The fourth-order valence-electron chi connectivity index (χ4n) is 2.65. The van der Waals surface area contributed by atoms with Crippen LogP contribution in [-0.4, -0.2) is 22.7 Å². The molecule has 0 atom stereocenters. The lowest BCUT2D eigenvalue weighted by Gasteiger charge is -2.11. The van der Waals surface area contributed by atoms with E-state index < -0.39 is 32.8 Å². The van der Waals surface area contributed by atoms with Crippen molar-refractivity contribution in [3.05, 3.63) is 97.8 Å². The fourth-order valence-corrected chi connectivity index (χ4v) is 2.65. The molecule has 0 aromatic heterocycles. The highest BCUT2D eigenvalue weighted by molar-refractivity contribution is 6.11. The number of rotatable bonds is 7. The number of halogens is 1. The summed E-state index contributed by atoms with van der Waals surface area (Å²) in [5, 5.41) is 22.1. The zero-order valence-electron chi connectivity index (χ0n) is 15.4. The van der Waals surface area contributed by atoms with Crippen molar-refractivity contribution in [1.82, 2.24) is 0 Å². The molecule has 10 heteroatoms. The highest BCUT2D eigenvalue weighted by Gasteiger charge is 2.23. The molecule has 0 saturated carbocycles. The van der Waals surface area contributed by atoms with Crippen molar-refractivity contribution >= 4 is 17.2 Å². The van der Waals surface area contributed by atoms with Gasteiger partial charge in [-0.25, -0.2) is 4.39 Å². The quantitative estimate of drug-likeness (QED) is 0.314. The molecule has 0 aliphatic rings. The summed E-state index contributed by atoms with van der Waals surface area (Å²) in [7, 11) is 1.31. The molecular weight excluding hydrogens is 399 g/mol. The number of carbonyl (C=O) groups is 1. The molecule has 3 rings (SSSR count). The van der Waals surface area contributed by atoms with E-state index in [-0.39, 0.29) is 16.9 Å². The molecule has 0 spiro atoms. The van der Waals surface area contributed by atoms with Gasteiger partial charge in [0, 0.05) is 23.8 Å². The molecule has 3 aromatic rings. The number of hydrogen-bond donors (Lipinski definition) is 0. The predicted molar refractivity (Wildman–Crippen MR) is 103 cm³/mol. The predicted octanol–water partition coefficient (Wildman–Crippen LogP) is 4.67. The minimum atomic E-state index is -0.819. The maximum Gasteiger partial charge on any atom is 0.277 e. The van der Waals surface area contributed by atoms with Gasteiger partial charge in [0.25, 0.3) is 11.4 Å². The molecule has 0 saturated heterocycles. The second-order valence-corrected chi connectivity index (χ2v) is 6.00. The van der Waals surface area contributed by atoms with Gasteiger partial charge < -0.3 is 9.47 Å². The molecule has 0 heterocycles. The summed E-state index contributed by atoms with van der Waals surface area (Å²) in [6, 6.07) is 12.2. The summed E-state index contributed by atoms with van der Waals surface area (Å²) in [6.45, 7) is 0. The summed E-state index contributed by atoms with van der Waals surface area (Å²) in [5.41, 5.74) is -1.37. The largest absolute Gasteiger partial charge is 0.496 e. The summed E-state index contributed by atoms with van der Waals surface area (Å²) in [4.78, 5) is 33.4. The van der Waals surface area contributed by atoms with Gasteiger partial charge in [-0.3, -0.25) is 25.0 Å². The van der Waals surface area contributed by atoms with E-state index in [1.54, 1.807) is 0 Å². The molecule has 0 radical (unpaired) electrons. The summed E-state index contributed by atoms with van der Waals surface area (Å²) in [6.07, 6.45) is 0. The van der Waals surface area contributed by atoms with Gasteiger partial charge in [0.15, 0.2) is 5.78 Å². The minimum absolute atomic E-state index is 0.0266. The van der Waals surface area contributed by atoms with E-state index >= 15 is 0 Å². The van der Waals surface area contributed by atoms with Gasteiger partial charge in [-0.15, -0.1) is 0 Å². The van der Waals surface area contributed by atoms with Crippen molar-refractivity contribution in [3.8, 4) is 17.2 Å². The van der Waals surface area contributed by atoms with Gasteiger partial charge in [0.2, 0.25) is 0 Å². The van der Waals surface area contributed by atoms with Crippen LogP contribution in [0, 0.1) is 26.0 Å². The van der Waals surface area contributed by atoms with E-state index in [0.717, 1.165) is 18.2 Å². The van der Waals surface area contributed by atoms with E-state index in [4.69, 9.17) is 9.47 Å². The van der Waals surface area contributed by atoms with Gasteiger partial charge in [0.1, 0.15) is 23.1 Å². The Balaban J connectivity index is 1.97. The normalized spacial score (nSPS) is 10.3. The molecule has 0 bridgehead atoms. The first-order chi connectivity index (χ1) is 14.3. The highest BCUT2D eigenvalue weighted by atomic mass is 19.1. The van der Waals surface area contributed by atoms with E-state index in [9.17, 15) is 29.4 Å². The van der Waals surface area contributed by atoms with Gasteiger partial charge in [-0.1, -0.05) is 0 Å². The first-order valence-corrected chi connectivity index (χ1v) is 8.38. The van der Waals surface area contributed by atoms with Crippen LogP contribution in [0.15, 0.2) is 60.7 Å². The van der Waals surface area contributed by atoms with Crippen LogP contribution < -0.4 is 9.47 Å². The Morgan fingerprint density at radius 3 is 1.97 bits per heavy atom. The van der Waals surface area contributed by atoms with Crippen LogP contribution in [0.4, 0.5) is 15.8 Å². The molecule has 30 heavy (non-hydrogen) atoms. The second kappa shape index (κ2) is 8.35. The van der Waals surface area contributed by atoms with Crippen molar-refractivity contribution in [1.29, 1.82) is 0 Å². The third-order valence-corrected chi connectivity index (χ3v) is 4.05. The van der Waals surface area contributed by atoms with Gasteiger partial charge in [-0.2, -0.15) is 0 Å². The third-order valence-electron chi connectivity index (χ3n) is 4.05. The number of carbonyl (C=O) groups excluding carboxylic acids is 1. The van der Waals surface area contributed by atoms with Gasteiger partial charge in [-0.05, 0) is 36.4 Å². The zero-order chi connectivity index (χ0) is 21.8. The third kappa shape index (κ3) is 4.38. The van der Waals surface area contributed by atoms with Crippen molar-refractivity contribution in [2.24, 2.45) is 0 Å². The number of benzene rings is 3. The molecule has 0 aliphatic carbocycles. The van der Waals surface area contributed by atoms with E-state index in [1.807, 2.05) is 0 Å². The molecule has 9 nitrogen and oxygen atoms in total. The molecule has 0 fully saturated rings. The Morgan fingerprint density at radius 1 is 0.867 bits per heavy atom. The van der Waals surface area contributed by atoms with Crippen LogP contribution in [0.5, 0.6) is 17.2 Å². The maximum absolute atomic E-state index is 13.0. The molecule has 3 aromatic carbocycles. The lowest BCUT2D eigenvalue weighted by Crippen LogP contribution is -2.06. The lowest BCUT2D eigenvalue weighted by atomic mass is 10.0. The smallest absolute Gasteiger partial charge is 0.277 e. The van der Waals surface area contributed by atoms with E-state index in [0.29, 0.717) is 11.5 Å². The highest BCUT2D eigenvalue weighted by Crippen LogP contribution is 2.31. The van der Waals surface area contributed by atoms with Gasteiger partial charge in [0.05, 0.1) is 28.6 Å². The summed E-state index contributed by atoms with van der Waals surface area (Å²) < 4.78 is 23.8. The standard InChI is InChI=1S/C20H13FN2O7/c1-29-19-11-17(30-16-4-2-13(21)3-5-16)6-7-18(19)20(24)12-8-14(22(25)26)10-15(9-12)23(27)28/h2-11H,1H3. The van der Waals surface area contributed by atoms with E-state index in [2.05, 4.69) is 0 Å². The minimum Gasteiger partial charge on any atom is -0.496 e. The van der Waals surface area contributed by atoms with Crippen molar-refractivity contribution < 1.29 is 28.5 Å². The van der Waals surface area contributed by atoms with Gasteiger partial charge >= 0.3 is 0 Å². The number of nitro groups is 2.